The van der Waals surface area contributed by atoms with Crippen LogP contribution in [0.5, 0.6) is 0 Å². The van der Waals surface area contributed by atoms with Gasteiger partial charge in [0.25, 0.3) is 17.7 Å². The van der Waals surface area contributed by atoms with E-state index in [0.717, 1.165) is 23.3 Å². The summed E-state index contributed by atoms with van der Waals surface area (Å²) in [5, 5.41) is 2.74. The molecule has 1 saturated heterocycles. The van der Waals surface area contributed by atoms with E-state index in [1.165, 1.54) is 25.1 Å². The van der Waals surface area contributed by atoms with E-state index < -0.39 is 29.8 Å². The Morgan fingerprint density at radius 1 is 1.09 bits per heavy atom. The van der Waals surface area contributed by atoms with Crippen molar-refractivity contribution in [1.82, 2.24) is 4.90 Å². The summed E-state index contributed by atoms with van der Waals surface area (Å²) >= 11 is 0. The van der Waals surface area contributed by atoms with Gasteiger partial charge in [-0.2, -0.15) is 0 Å². The standard InChI is InChI=1S/C27H30N2O6/c1-16(23(30)28-19-10-8-18(9-11-19)27(2,3)4)35-26(33)17-7-12-21-22(14-17)25(32)29(24(21)31)15-20-6-5-13-34-20/h7-12,14,16,20H,5-6,13,15H2,1-4H3,(H,28,30). The Balaban J connectivity index is 1.39. The number of anilines is 1. The van der Waals surface area contributed by atoms with E-state index in [2.05, 4.69) is 26.1 Å². The van der Waals surface area contributed by atoms with Crippen LogP contribution in [0.3, 0.4) is 0 Å². The summed E-state index contributed by atoms with van der Waals surface area (Å²) in [7, 11) is 0. The number of nitrogens with zero attached hydrogens (tertiary/aromatic N) is 1. The number of rotatable bonds is 6. The molecule has 0 aliphatic carbocycles. The zero-order valence-electron chi connectivity index (χ0n) is 20.4. The highest BCUT2D eigenvalue weighted by Gasteiger charge is 2.38. The van der Waals surface area contributed by atoms with Gasteiger partial charge in [-0.25, -0.2) is 4.79 Å². The molecule has 0 spiro atoms. The molecule has 2 aromatic rings. The minimum atomic E-state index is -1.06. The van der Waals surface area contributed by atoms with Crippen LogP contribution in [0.25, 0.3) is 0 Å². The molecule has 2 heterocycles. The molecular formula is C27H30N2O6. The molecule has 3 amide bonds. The zero-order valence-corrected chi connectivity index (χ0v) is 20.4. The van der Waals surface area contributed by atoms with Crippen LogP contribution in [0.1, 0.15) is 77.2 Å². The number of benzene rings is 2. The molecule has 2 aliphatic rings. The quantitative estimate of drug-likeness (QED) is 0.498. The molecule has 0 saturated carbocycles. The van der Waals surface area contributed by atoms with Crippen molar-refractivity contribution in [2.45, 2.75) is 58.2 Å². The van der Waals surface area contributed by atoms with Gasteiger partial charge in [0.2, 0.25) is 0 Å². The van der Waals surface area contributed by atoms with Crippen molar-refractivity contribution in [2.24, 2.45) is 0 Å². The molecule has 8 heteroatoms. The number of carbonyl (C=O) groups excluding carboxylic acids is 4. The van der Waals surface area contributed by atoms with Crippen LogP contribution in [-0.2, 0) is 19.7 Å². The highest BCUT2D eigenvalue weighted by Crippen LogP contribution is 2.27. The van der Waals surface area contributed by atoms with Gasteiger partial charge in [-0.3, -0.25) is 19.3 Å². The average molecular weight is 479 g/mol. The third-order valence-corrected chi connectivity index (χ3v) is 6.29. The topological polar surface area (TPSA) is 102 Å². The van der Waals surface area contributed by atoms with Gasteiger partial charge in [-0.15, -0.1) is 0 Å². The van der Waals surface area contributed by atoms with E-state index in [4.69, 9.17) is 9.47 Å². The van der Waals surface area contributed by atoms with E-state index in [9.17, 15) is 19.2 Å². The summed E-state index contributed by atoms with van der Waals surface area (Å²) in [6.45, 7) is 8.60. The lowest BCUT2D eigenvalue weighted by atomic mass is 9.87. The molecule has 1 fully saturated rings. The molecule has 0 radical (unpaired) electrons. The number of imide groups is 1. The summed E-state index contributed by atoms with van der Waals surface area (Å²) in [4.78, 5) is 51.9. The van der Waals surface area contributed by atoms with Crippen molar-refractivity contribution in [1.29, 1.82) is 0 Å². The van der Waals surface area contributed by atoms with Crippen molar-refractivity contribution >= 4 is 29.4 Å². The van der Waals surface area contributed by atoms with Crippen LogP contribution >= 0.6 is 0 Å². The predicted octanol–water partition coefficient (Wildman–Crippen LogP) is 3.94. The third kappa shape index (κ3) is 5.27. The number of carbonyl (C=O) groups is 4. The first-order valence-corrected chi connectivity index (χ1v) is 11.8. The number of nitrogens with one attached hydrogen (secondary N) is 1. The van der Waals surface area contributed by atoms with Crippen molar-refractivity contribution in [2.75, 3.05) is 18.5 Å². The van der Waals surface area contributed by atoms with Crippen LogP contribution in [0.2, 0.25) is 0 Å². The molecule has 2 aliphatic heterocycles. The monoisotopic (exact) mass is 478 g/mol. The van der Waals surface area contributed by atoms with Crippen molar-refractivity contribution in [3.63, 3.8) is 0 Å². The molecule has 2 unspecified atom stereocenters. The van der Waals surface area contributed by atoms with E-state index in [-0.39, 0.29) is 34.8 Å². The fourth-order valence-electron chi connectivity index (χ4n) is 4.16. The van der Waals surface area contributed by atoms with E-state index in [1.807, 2.05) is 12.1 Å². The first kappa shape index (κ1) is 24.6. The molecule has 1 N–H and O–H groups in total. The van der Waals surface area contributed by atoms with Gasteiger partial charge < -0.3 is 14.8 Å². The maximum atomic E-state index is 12.8. The molecular weight excluding hydrogens is 448 g/mol. The number of hydrogen-bond donors (Lipinski definition) is 1. The van der Waals surface area contributed by atoms with E-state index in [1.54, 1.807) is 12.1 Å². The first-order chi connectivity index (χ1) is 16.5. The molecule has 184 valence electrons. The van der Waals surface area contributed by atoms with Gasteiger partial charge in [-0.1, -0.05) is 32.9 Å². The van der Waals surface area contributed by atoms with Gasteiger partial charge in [0.1, 0.15) is 0 Å². The van der Waals surface area contributed by atoms with Gasteiger partial charge in [0.05, 0.1) is 29.3 Å². The summed E-state index contributed by atoms with van der Waals surface area (Å²) in [5.74, 6) is -2.08. The fraction of sp³-hybridized carbons (Fsp3) is 0.407. The molecule has 4 rings (SSSR count). The summed E-state index contributed by atoms with van der Waals surface area (Å²) in [6.07, 6.45) is 0.473. The largest absolute Gasteiger partial charge is 0.449 e. The maximum Gasteiger partial charge on any atom is 0.338 e. The molecule has 2 aromatic carbocycles. The van der Waals surface area contributed by atoms with E-state index >= 15 is 0 Å². The Bertz CT molecular complexity index is 1160. The highest BCUT2D eigenvalue weighted by atomic mass is 16.5. The number of ether oxygens (including phenoxy) is 2. The maximum absolute atomic E-state index is 12.8. The highest BCUT2D eigenvalue weighted by molar-refractivity contribution is 6.22. The lowest BCUT2D eigenvalue weighted by Gasteiger charge is -2.19. The van der Waals surface area contributed by atoms with Gasteiger partial charge in [0.15, 0.2) is 6.10 Å². The SMILES string of the molecule is CC(OC(=O)c1ccc2c(c1)C(=O)N(CC1CCCO1)C2=O)C(=O)Nc1ccc(C(C)(C)C)cc1. The Hall–Kier alpha value is -3.52. The molecule has 0 aromatic heterocycles. The smallest absolute Gasteiger partial charge is 0.338 e. The summed E-state index contributed by atoms with van der Waals surface area (Å²) < 4.78 is 10.9. The van der Waals surface area contributed by atoms with Crippen LogP contribution in [-0.4, -0.2) is 54.0 Å². The number of hydrogen-bond acceptors (Lipinski definition) is 6. The minimum absolute atomic E-state index is 0.00543. The van der Waals surface area contributed by atoms with Gasteiger partial charge in [-0.05, 0) is 61.1 Å². The second kappa shape index (κ2) is 9.62. The van der Waals surface area contributed by atoms with Crippen molar-refractivity contribution in [3.05, 3.63) is 64.7 Å². The summed E-state index contributed by atoms with van der Waals surface area (Å²) in [6, 6.07) is 11.7. The number of amides is 3. The lowest BCUT2D eigenvalue weighted by Crippen LogP contribution is -2.36. The second-order valence-electron chi connectivity index (χ2n) is 9.98. The van der Waals surface area contributed by atoms with Gasteiger partial charge >= 0.3 is 5.97 Å². The average Bonchev–Trinajstić information content (AvgIpc) is 3.41. The zero-order chi connectivity index (χ0) is 25.3. The third-order valence-electron chi connectivity index (χ3n) is 6.29. The number of esters is 1. The summed E-state index contributed by atoms with van der Waals surface area (Å²) in [5.41, 5.74) is 2.22. The van der Waals surface area contributed by atoms with Crippen molar-refractivity contribution in [3.8, 4) is 0 Å². The minimum Gasteiger partial charge on any atom is -0.449 e. The first-order valence-electron chi connectivity index (χ1n) is 11.8. The van der Waals surface area contributed by atoms with Crippen LogP contribution in [0, 0.1) is 0 Å². The molecule has 35 heavy (non-hydrogen) atoms. The van der Waals surface area contributed by atoms with Crippen LogP contribution < -0.4 is 5.32 Å². The second-order valence-corrected chi connectivity index (χ2v) is 9.98. The van der Waals surface area contributed by atoms with Gasteiger partial charge in [0, 0.05) is 12.3 Å². The Labute approximate surface area is 204 Å². The number of fused-ring (bicyclic) bond motifs is 1. The molecule has 2 atom stereocenters. The van der Waals surface area contributed by atoms with E-state index in [0.29, 0.717) is 12.3 Å². The van der Waals surface area contributed by atoms with Crippen LogP contribution in [0.4, 0.5) is 5.69 Å². The predicted molar refractivity (Wildman–Crippen MR) is 129 cm³/mol. The van der Waals surface area contributed by atoms with Crippen molar-refractivity contribution < 1.29 is 28.7 Å². The normalized spacial score (nSPS) is 18.4. The molecule has 8 nitrogen and oxygen atoms in total. The Kier molecular flexibility index (Phi) is 6.76. The Morgan fingerprint density at radius 2 is 1.77 bits per heavy atom. The van der Waals surface area contributed by atoms with Crippen LogP contribution in [0.15, 0.2) is 42.5 Å². The molecule has 0 bridgehead atoms. The fourth-order valence-corrected chi connectivity index (χ4v) is 4.16. The lowest BCUT2D eigenvalue weighted by molar-refractivity contribution is -0.123. The Morgan fingerprint density at radius 3 is 2.40 bits per heavy atom.